The van der Waals surface area contributed by atoms with E-state index in [1.807, 2.05) is 11.3 Å². The van der Waals surface area contributed by atoms with Crippen LogP contribution in [0.5, 0.6) is 0 Å². The van der Waals surface area contributed by atoms with Crippen molar-refractivity contribution in [2.75, 3.05) is 0 Å². The SMILES string of the molecule is CCCCC(CC)CC(N)c1cc2c(s1)CCCC2. The van der Waals surface area contributed by atoms with Gasteiger partial charge in [0.1, 0.15) is 0 Å². The highest BCUT2D eigenvalue weighted by Gasteiger charge is 2.19. The minimum absolute atomic E-state index is 0.275. The molecule has 0 aliphatic heterocycles. The van der Waals surface area contributed by atoms with Crippen LogP contribution in [-0.4, -0.2) is 0 Å². The third-order valence-electron chi connectivity index (χ3n) is 4.51. The normalized spacial score (nSPS) is 18.1. The van der Waals surface area contributed by atoms with Gasteiger partial charge in [-0.3, -0.25) is 0 Å². The fourth-order valence-electron chi connectivity index (χ4n) is 3.15. The maximum atomic E-state index is 6.47. The molecule has 0 amide bonds. The van der Waals surface area contributed by atoms with Crippen LogP contribution in [0.1, 0.15) is 80.2 Å². The second-order valence-corrected chi connectivity index (χ2v) is 7.23. The predicted octanol–water partition coefficient (Wildman–Crippen LogP) is 5.23. The zero-order chi connectivity index (χ0) is 13.7. The zero-order valence-corrected chi connectivity index (χ0v) is 13.4. The van der Waals surface area contributed by atoms with E-state index in [1.165, 1.54) is 62.7 Å². The standard InChI is InChI=1S/C17H29NS/c1-3-5-8-13(4-2)11-15(18)17-12-14-9-6-7-10-16(14)19-17/h12-13,15H,3-11,18H2,1-2H3. The Morgan fingerprint density at radius 2 is 2.05 bits per heavy atom. The van der Waals surface area contributed by atoms with Crippen LogP contribution in [0.2, 0.25) is 0 Å². The monoisotopic (exact) mass is 279 g/mol. The first kappa shape index (κ1) is 15.1. The van der Waals surface area contributed by atoms with Gasteiger partial charge in [-0.15, -0.1) is 11.3 Å². The van der Waals surface area contributed by atoms with Crippen molar-refractivity contribution in [1.29, 1.82) is 0 Å². The molecule has 0 saturated heterocycles. The van der Waals surface area contributed by atoms with Crippen molar-refractivity contribution in [3.8, 4) is 0 Å². The summed E-state index contributed by atoms with van der Waals surface area (Å²) in [5.41, 5.74) is 8.07. The van der Waals surface area contributed by atoms with E-state index in [9.17, 15) is 0 Å². The predicted molar refractivity (Wildman–Crippen MR) is 85.8 cm³/mol. The lowest BCUT2D eigenvalue weighted by Crippen LogP contribution is -2.14. The molecule has 2 unspecified atom stereocenters. The molecule has 0 aromatic carbocycles. The molecule has 1 aliphatic carbocycles. The van der Waals surface area contributed by atoms with Gasteiger partial charge in [-0.05, 0) is 49.7 Å². The van der Waals surface area contributed by atoms with Gasteiger partial charge in [0.25, 0.3) is 0 Å². The third kappa shape index (κ3) is 4.06. The van der Waals surface area contributed by atoms with Gasteiger partial charge in [0, 0.05) is 15.8 Å². The summed E-state index contributed by atoms with van der Waals surface area (Å²) in [6.07, 6.45) is 11.8. The van der Waals surface area contributed by atoms with Gasteiger partial charge in [-0.1, -0.05) is 39.5 Å². The van der Waals surface area contributed by atoms with Gasteiger partial charge in [0.15, 0.2) is 0 Å². The van der Waals surface area contributed by atoms with E-state index in [0.717, 1.165) is 5.92 Å². The number of rotatable bonds is 7. The quantitative estimate of drug-likeness (QED) is 0.726. The molecule has 2 heteroatoms. The van der Waals surface area contributed by atoms with Crippen LogP contribution < -0.4 is 5.73 Å². The first-order valence-electron chi connectivity index (χ1n) is 8.11. The second kappa shape index (κ2) is 7.44. The summed E-state index contributed by atoms with van der Waals surface area (Å²) in [6.45, 7) is 4.59. The number of aryl methyl sites for hydroxylation is 2. The van der Waals surface area contributed by atoms with Crippen molar-refractivity contribution in [2.45, 2.75) is 77.7 Å². The van der Waals surface area contributed by atoms with Crippen molar-refractivity contribution in [1.82, 2.24) is 0 Å². The largest absolute Gasteiger partial charge is 0.323 e. The van der Waals surface area contributed by atoms with Gasteiger partial charge in [0.2, 0.25) is 0 Å². The highest BCUT2D eigenvalue weighted by atomic mass is 32.1. The summed E-state index contributed by atoms with van der Waals surface area (Å²) in [4.78, 5) is 3.07. The van der Waals surface area contributed by atoms with Gasteiger partial charge >= 0.3 is 0 Å². The van der Waals surface area contributed by atoms with Gasteiger partial charge in [-0.25, -0.2) is 0 Å². The number of nitrogens with two attached hydrogens (primary N) is 1. The Hall–Kier alpha value is -0.340. The molecule has 0 fully saturated rings. The van der Waals surface area contributed by atoms with Crippen molar-refractivity contribution in [3.05, 3.63) is 21.4 Å². The molecule has 1 heterocycles. The Labute approximate surface area is 122 Å². The molecule has 0 saturated carbocycles. The fraction of sp³-hybridized carbons (Fsp3) is 0.765. The Kier molecular flexibility index (Phi) is 5.90. The molecule has 2 atom stereocenters. The van der Waals surface area contributed by atoms with Crippen LogP contribution in [0.15, 0.2) is 6.07 Å². The topological polar surface area (TPSA) is 26.0 Å². The Morgan fingerprint density at radius 1 is 1.26 bits per heavy atom. The maximum Gasteiger partial charge on any atom is 0.0392 e. The average Bonchev–Trinajstić information content (AvgIpc) is 2.87. The van der Waals surface area contributed by atoms with Crippen LogP contribution in [0, 0.1) is 5.92 Å². The van der Waals surface area contributed by atoms with Crippen molar-refractivity contribution < 1.29 is 0 Å². The molecule has 2 rings (SSSR count). The molecule has 1 aliphatic rings. The molecule has 19 heavy (non-hydrogen) atoms. The minimum Gasteiger partial charge on any atom is -0.323 e. The summed E-state index contributed by atoms with van der Waals surface area (Å²) < 4.78 is 0. The van der Waals surface area contributed by atoms with Crippen molar-refractivity contribution in [2.24, 2.45) is 11.7 Å². The molecular formula is C17H29NS. The molecule has 0 bridgehead atoms. The first-order chi connectivity index (χ1) is 9.24. The van der Waals surface area contributed by atoms with Crippen LogP contribution >= 0.6 is 11.3 Å². The molecular weight excluding hydrogens is 250 g/mol. The highest BCUT2D eigenvalue weighted by Crippen LogP contribution is 2.35. The van der Waals surface area contributed by atoms with Crippen LogP contribution in [0.3, 0.4) is 0 Å². The lowest BCUT2D eigenvalue weighted by Gasteiger charge is -2.18. The second-order valence-electron chi connectivity index (χ2n) is 6.06. The Bertz CT molecular complexity index is 359. The van der Waals surface area contributed by atoms with E-state index in [4.69, 9.17) is 5.73 Å². The maximum absolute atomic E-state index is 6.47. The molecule has 0 spiro atoms. The summed E-state index contributed by atoms with van der Waals surface area (Å²) in [5, 5.41) is 0. The van der Waals surface area contributed by atoms with E-state index in [-0.39, 0.29) is 6.04 Å². The van der Waals surface area contributed by atoms with Gasteiger partial charge < -0.3 is 5.73 Å². The average molecular weight is 279 g/mol. The molecule has 1 nitrogen and oxygen atoms in total. The van der Waals surface area contributed by atoms with Crippen LogP contribution in [0.25, 0.3) is 0 Å². The highest BCUT2D eigenvalue weighted by molar-refractivity contribution is 7.12. The van der Waals surface area contributed by atoms with Crippen molar-refractivity contribution in [3.63, 3.8) is 0 Å². The van der Waals surface area contributed by atoms with Crippen LogP contribution in [-0.2, 0) is 12.8 Å². The number of thiophene rings is 1. The number of hydrogen-bond donors (Lipinski definition) is 1. The fourth-order valence-corrected chi connectivity index (χ4v) is 4.42. The Balaban J connectivity index is 1.94. The van der Waals surface area contributed by atoms with E-state index >= 15 is 0 Å². The van der Waals surface area contributed by atoms with Crippen LogP contribution in [0.4, 0.5) is 0 Å². The lowest BCUT2D eigenvalue weighted by atomic mass is 9.91. The van der Waals surface area contributed by atoms with Crippen molar-refractivity contribution >= 4 is 11.3 Å². The minimum atomic E-state index is 0.275. The zero-order valence-electron chi connectivity index (χ0n) is 12.6. The number of fused-ring (bicyclic) bond motifs is 1. The summed E-state index contributed by atoms with van der Waals surface area (Å²) in [7, 11) is 0. The first-order valence-corrected chi connectivity index (χ1v) is 8.93. The summed E-state index contributed by atoms with van der Waals surface area (Å²) >= 11 is 1.99. The molecule has 1 aromatic rings. The van der Waals surface area contributed by atoms with Gasteiger partial charge in [-0.2, -0.15) is 0 Å². The lowest BCUT2D eigenvalue weighted by molar-refractivity contribution is 0.390. The smallest absolute Gasteiger partial charge is 0.0392 e. The summed E-state index contributed by atoms with van der Waals surface area (Å²) in [6, 6.07) is 2.69. The third-order valence-corrected chi connectivity index (χ3v) is 5.88. The molecule has 1 aromatic heterocycles. The number of unbranched alkanes of at least 4 members (excludes halogenated alkanes) is 1. The summed E-state index contributed by atoms with van der Waals surface area (Å²) in [5.74, 6) is 0.814. The van der Waals surface area contributed by atoms with E-state index < -0.39 is 0 Å². The van der Waals surface area contributed by atoms with E-state index in [0.29, 0.717) is 0 Å². The molecule has 108 valence electrons. The Morgan fingerprint density at radius 3 is 2.74 bits per heavy atom. The van der Waals surface area contributed by atoms with Gasteiger partial charge in [0.05, 0.1) is 0 Å². The van der Waals surface area contributed by atoms with E-state index in [1.54, 1.807) is 10.4 Å². The van der Waals surface area contributed by atoms with E-state index in [2.05, 4.69) is 19.9 Å². The molecule has 0 radical (unpaired) electrons. The number of hydrogen-bond acceptors (Lipinski definition) is 2. The molecule has 2 N–H and O–H groups in total.